The molecule has 0 aliphatic rings. The lowest BCUT2D eigenvalue weighted by Crippen LogP contribution is -2.30. The van der Waals surface area contributed by atoms with Crippen LogP contribution in [-0.4, -0.2) is 10.9 Å². The van der Waals surface area contributed by atoms with Crippen LogP contribution in [0, 0.1) is 6.92 Å². The van der Waals surface area contributed by atoms with E-state index in [0.717, 1.165) is 25.8 Å². The van der Waals surface area contributed by atoms with Crippen molar-refractivity contribution in [2.75, 3.05) is 4.90 Å². The molecule has 3 aromatic carbocycles. The van der Waals surface area contributed by atoms with Gasteiger partial charge in [-0.1, -0.05) is 69.2 Å². The first-order valence-corrected chi connectivity index (χ1v) is 10.7. The van der Waals surface area contributed by atoms with E-state index < -0.39 is 0 Å². The number of fused-ring (bicyclic) bond motifs is 1. The van der Waals surface area contributed by atoms with Crippen molar-refractivity contribution in [1.82, 2.24) is 4.98 Å². The predicted octanol–water partition coefficient (Wildman–Crippen LogP) is 6.87. The molecule has 1 heterocycles. The number of carbonyl (C=O) groups excluding carboxylic acids is 1. The number of benzene rings is 3. The second kappa shape index (κ2) is 8.03. The fraction of sp³-hybridized carbons (Fsp3) is 0.0909. The SMILES string of the molecule is Cc1cc(Cl)cc2sc(N(Cc3ccccc3)C(=O)c3ccc(Br)cc3)nc12. The minimum atomic E-state index is -0.0841. The smallest absolute Gasteiger partial charge is 0.260 e. The molecule has 0 spiro atoms. The van der Waals surface area contributed by atoms with Gasteiger partial charge in [0.05, 0.1) is 16.8 Å². The monoisotopic (exact) mass is 470 g/mol. The van der Waals surface area contributed by atoms with Crippen molar-refractivity contribution in [3.8, 4) is 0 Å². The minimum Gasteiger partial charge on any atom is -0.279 e. The van der Waals surface area contributed by atoms with E-state index in [4.69, 9.17) is 16.6 Å². The van der Waals surface area contributed by atoms with Gasteiger partial charge in [0.15, 0.2) is 5.13 Å². The van der Waals surface area contributed by atoms with Crippen LogP contribution in [-0.2, 0) is 6.54 Å². The number of nitrogens with zero attached hydrogens (tertiary/aromatic N) is 2. The molecule has 4 rings (SSSR count). The summed E-state index contributed by atoms with van der Waals surface area (Å²) in [6, 6.07) is 21.1. The summed E-state index contributed by atoms with van der Waals surface area (Å²) >= 11 is 11.1. The lowest BCUT2D eigenvalue weighted by Gasteiger charge is -2.20. The minimum absolute atomic E-state index is 0.0841. The van der Waals surface area contributed by atoms with Crippen LogP contribution in [0.25, 0.3) is 10.2 Å². The van der Waals surface area contributed by atoms with Gasteiger partial charge in [-0.2, -0.15) is 0 Å². The highest BCUT2D eigenvalue weighted by Gasteiger charge is 2.22. The molecule has 6 heteroatoms. The van der Waals surface area contributed by atoms with Gasteiger partial charge in [-0.3, -0.25) is 9.69 Å². The van der Waals surface area contributed by atoms with E-state index in [1.165, 1.54) is 11.3 Å². The first kappa shape index (κ1) is 19.1. The van der Waals surface area contributed by atoms with Crippen LogP contribution in [0.5, 0.6) is 0 Å². The number of aromatic nitrogens is 1. The Hall–Kier alpha value is -2.21. The number of halogens is 2. The molecule has 0 N–H and O–H groups in total. The van der Waals surface area contributed by atoms with Crippen LogP contribution in [0.15, 0.2) is 71.2 Å². The zero-order valence-corrected chi connectivity index (χ0v) is 18.2. The summed E-state index contributed by atoms with van der Waals surface area (Å²) in [6.07, 6.45) is 0. The molecule has 0 atom stereocenters. The summed E-state index contributed by atoms with van der Waals surface area (Å²) < 4.78 is 1.91. The third-order valence-corrected chi connectivity index (χ3v) is 6.16. The first-order valence-electron chi connectivity index (χ1n) is 8.69. The molecule has 0 saturated carbocycles. The number of hydrogen-bond acceptors (Lipinski definition) is 3. The second-order valence-electron chi connectivity index (χ2n) is 6.45. The maximum Gasteiger partial charge on any atom is 0.260 e. The molecular formula is C22H16BrClN2OS. The van der Waals surface area contributed by atoms with Gasteiger partial charge in [0.1, 0.15) is 0 Å². The molecule has 3 nitrogen and oxygen atoms in total. The maximum absolute atomic E-state index is 13.3. The van der Waals surface area contributed by atoms with Crippen molar-refractivity contribution >= 4 is 60.1 Å². The second-order valence-corrected chi connectivity index (χ2v) is 8.81. The highest BCUT2D eigenvalue weighted by atomic mass is 79.9. The Balaban J connectivity index is 1.79. The molecule has 1 aromatic heterocycles. The van der Waals surface area contributed by atoms with Crippen molar-refractivity contribution in [2.45, 2.75) is 13.5 Å². The molecule has 0 radical (unpaired) electrons. The number of thiazole rings is 1. The summed E-state index contributed by atoms with van der Waals surface area (Å²) in [4.78, 5) is 19.8. The van der Waals surface area contributed by atoms with Gasteiger partial charge in [0.2, 0.25) is 0 Å². The van der Waals surface area contributed by atoms with Crippen molar-refractivity contribution < 1.29 is 4.79 Å². The quantitative estimate of drug-likeness (QED) is 0.325. The molecule has 140 valence electrons. The zero-order valence-electron chi connectivity index (χ0n) is 15.0. The van der Waals surface area contributed by atoms with Crippen molar-refractivity contribution in [3.05, 3.63) is 92.9 Å². The number of carbonyl (C=O) groups is 1. The van der Waals surface area contributed by atoms with E-state index in [0.29, 0.717) is 22.3 Å². The van der Waals surface area contributed by atoms with Crippen LogP contribution in [0.4, 0.5) is 5.13 Å². The number of aryl methyl sites for hydroxylation is 1. The van der Waals surface area contributed by atoms with E-state index in [1.54, 1.807) is 4.90 Å². The molecule has 4 aromatic rings. The normalized spacial score (nSPS) is 11.0. The van der Waals surface area contributed by atoms with Crippen molar-refractivity contribution in [2.24, 2.45) is 0 Å². The molecule has 0 aliphatic carbocycles. The van der Waals surface area contributed by atoms with Crippen molar-refractivity contribution in [1.29, 1.82) is 0 Å². The van der Waals surface area contributed by atoms with E-state index in [9.17, 15) is 4.79 Å². The fourth-order valence-electron chi connectivity index (χ4n) is 3.00. The van der Waals surface area contributed by atoms with Crippen LogP contribution in [0.2, 0.25) is 5.02 Å². The van der Waals surface area contributed by atoms with Gasteiger partial charge in [0, 0.05) is 15.1 Å². The third-order valence-electron chi connectivity index (χ3n) is 4.39. The van der Waals surface area contributed by atoms with Crippen LogP contribution in [0.1, 0.15) is 21.5 Å². The Morgan fingerprint density at radius 3 is 2.54 bits per heavy atom. The number of hydrogen-bond donors (Lipinski definition) is 0. The average molecular weight is 472 g/mol. The predicted molar refractivity (Wildman–Crippen MR) is 120 cm³/mol. The van der Waals surface area contributed by atoms with Gasteiger partial charge in [0.25, 0.3) is 5.91 Å². The Labute approximate surface area is 180 Å². The van der Waals surface area contributed by atoms with E-state index in [2.05, 4.69) is 15.9 Å². The van der Waals surface area contributed by atoms with Crippen LogP contribution >= 0.6 is 38.9 Å². The summed E-state index contributed by atoms with van der Waals surface area (Å²) in [5, 5.41) is 1.34. The van der Waals surface area contributed by atoms with Crippen LogP contribution < -0.4 is 4.90 Å². The number of anilines is 1. The van der Waals surface area contributed by atoms with Gasteiger partial charge in [-0.05, 0) is 54.4 Å². The largest absolute Gasteiger partial charge is 0.279 e. The molecule has 0 aliphatic heterocycles. The topological polar surface area (TPSA) is 33.2 Å². The van der Waals surface area contributed by atoms with E-state index in [1.807, 2.05) is 73.7 Å². The Kier molecular flexibility index (Phi) is 5.49. The third kappa shape index (κ3) is 3.97. The van der Waals surface area contributed by atoms with Gasteiger partial charge >= 0.3 is 0 Å². The Morgan fingerprint density at radius 2 is 1.82 bits per heavy atom. The Morgan fingerprint density at radius 1 is 1.11 bits per heavy atom. The fourth-order valence-corrected chi connectivity index (χ4v) is 4.68. The van der Waals surface area contributed by atoms with Gasteiger partial charge in [-0.25, -0.2) is 4.98 Å². The van der Waals surface area contributed by atoms with E-state index >= 15 is 0 Å². The first-order chi connectivity index (χ1) is 13.5. The zero-order chi connectivity index (χ0) is 19.7. The van der Waals surface area contributed by atoms with Crippen LogP contribution in [0.3, 0.4) is 0 Å². The number of rotatable bonds is 4. The molecular weight excluding hydrogens is 456 g/mol. The highest BCUT2D eigenvalue weighted by Crippen LogP contribution is 2.34. The summed E-state index contributed by atoms with van der Waals surface area (Å²) in [5.74, 6) is -0.0841. The molecule has 0 saturated heterocycles. The standard InChI is InChI=1S/C22H16BrClN2OS/c1-14-11-18(24)12-19-20(14)25-22(28-19)26(13-15-5-3-2-4-6-15)21(27)16-7-9-17(23)10-8-16/h2-12H,13H2,1H3. The molecule has 0 unspecified atom stereocenters. The summed E-state index contributed by atoms with van der Waals surface area (Å²) in [7, 11) is 0. The lowest BCUT2D eigenvalue weighted by atomic mass is 10.1. The summed E-state index contributed by atoms with van der Waals surface area (Å²) in [5.41, 5.74) is 3.54. The maximum atomic E-state index is 13.3. The Bertz CT molecular complexity index is 1140. The molecule has 0 bridgehead atoms. The molecule has 0 fully saturated rings. The van der Waals surface area contributed by atoms with Gasteiger partial charge < -0.3 is 0 Å². The average Bonchev–Trinajstić information content (AvgIpc) is 3.11. The highest BCUT2D eigenvalue weighted by molar-refractivity contribution is 9.10. The molecule has 1 amide bonds. The number of amides is 1. The molecule has 28 heavy (non-hydrogen) atoms. The lowest BCUT2D eigenvalue weighted by molar-refractivity contribution is 0.0985. The van der Waals surface area contributed by atoms with Gasteiger partial charge in [-0.15, -0.1) is 0 Å². The van der Waals surface area contributed by atoms with Crippen molar-refractivity contribution in [3.63, 3.8) is 0 Å². The van der Waals surface area contributed by atoms with E-state index in [-0.39, 0.29) is 5.91 Å². The summed E-state index contributed by atoms with van der Waals surface area (Å²) in [6.45, 7) is 2.43.